The molecule has 1 fully saturated rings. The van der Waals surface area contributed by atoms with Crippen molar-refractivity contribution in [2.75, 3.05) is 0 Å². The molecule has 0 aromatic heterocycles. The topological polar surface area (TPSA) is 52.9 Å². The standard InChI is InChI=1S/C11H10N2O/c12-8-11(6-7-11)13-10(14)9-4-2-1-3-5-9/h1-5H,6-7H2,(H,13,14). The van der Waals surface area contributed by atoms with Crippen LogP contribution in [0.1, 0.15) is 23.2 Å². The highest BCUT2D eigenvalue weighted by atomic mass is 16.1. The van der Waals surface area contributed by atoms with E-state index in [1.54, 1.807) is 24.3 Å². The van der Waals surface area contributed by atoms with Gasteiger partial charge in [-0.15, -0.1) is 0 Å². The van der Waals surface area contributed by atoms with Gasteiger partial charge in [0.2, 0.25) is 0 Å². The van der Waals surface area contributed by atoms with Gasteiger partial charge in [0.05, 0.1) is 6.07 Å². The molecule has 1 amide bonds. The molecule has 1 saturated carbocycles. The fourth-order valence-corrected chi connectivity index (χ4v) is 1.27. The minimum atomic E-state index is -0.576. The maximum absolute atomic E-state index is 11.6. The summed E-state index contributed by atoms with van der Waals surface area (Å²) in [6.45, 7) is 0. The van der Waals surface area contributed by atoms with Crippen LogP contribution >= 0.6 is 0 Å². The second-order valence-corrected chi connectivity index (χ2v) is 3.51. The molecule has 0 spiro atoms. The summed E-state index contributed by atoms with van der Waals surface area (Å²) in [7, 11) is 0. The average Bonchev–Trinajstić information content (AvgIpc) is 3.00. The fourth-order valence-electron chi connectivity index (χ4n) is 1.27. The number of hydrogen-bond acceptors (Lipinski definition) is 2. The summed E-state index contributed by atoms with van der Waals surface area (Å²) in [6, 6.07) is 11.1. The first-order chi connectivity index (χ1) is 6.76. The summed E-state index contributed by atoms with van der Waals surface area (Å²) < 4.78 is 0. The third-order valence-corrected chi connectivity index (χ3v) is 2.35. The monoisotopic (exact) mass is 186 g/mol. The van der Waals surface area contributed by atoms with Crippen molar-refractivity contribution in [3.8, 4) is 6.07 Å². The van der Waals surface area contributed by atoms with Crippen molar-refractivity contribution in [3.63, 3.8) is 0 Å². The van der Waals surface area contributed by atoms with E-state index in [0.717, 1.165) is 12.8 Å². The van der Waals surface area contributed by atoms with Gasteiger partial charge in [-0.2, -0.15) is 5.26 Å². The quantitative estimate of drug-likeness (QED) is 0.760. The van der Waals surface area contributed by atoms with Crippen molar-refractivity contribution in [2.45, 2.75) is 18.4 Å². The van der Waals surface area contributed by atoms with Gasteiger partial charge in [0, 0.05) is 5.56 Å². The summed E-state index contributed by atoms with van der Waals surface area (Å²) in [6.07, 6.45) is 1.53. The largest absolute Gasteiger partial charge is 0.334 e. The Hall–Kier alpha value is -1.82. The van der Waals surface area contributed by atoms with Crippen molar-refractivity contribution in [1.29, 1.82) is 5.26 Å². The van der Waals surface area contributed by atoms with Crippen molar-refractivity contribution < 1.29 is 4.79 Å². The Balaban J connectivity index is 2.08. The molecule has 0 bridgehead atoms. The summed E-state index contributed by atoms with van der Waals surface area (Å²) in [5.74, 6) is -0.162. The normalized spacial score (nSPS) is 16.8. The first-order valence-corrected chi connectivity index (χ1v) is 4.55. The highest BCUT2D eigenvalue weighted by molar-refractivity contribution is 5.95. The van der Waals surface area contributed by atoms with Crippen LogP contribution in [0.5, 0.6) is 0 Å². The zero-order valence-electron chi connectivity index (χ0n) is 7.66. The molecule has 1 aliphatic rings. The number of carbonyl (C=O) groups is 1. The molecule has 0 aliphatic heterocycles. The average molecular weight is 186 g/mol. The molecular weight excluding hydrogens is 176 g/mol. The molecule has 0 radical (unpaired) electrons. The van der Waals surface area contributed by atoms with Crippen LogP contribution in [0, 0.1) is 11.3 Å². The summed E-state index contributed by atoms with van der Waals surface area (Å²) in [5, 5.41) is 11.5. The first kappa shape index (κ1) is 8.76. The van der Waals surface area contributed by atoms with E-state index < -0.39 is 5.54 Å². The van der Waals surface area contributed by atoms with Crippen molar-refractivity contribution in [1.82, 2.24) is 5.32 Å². The molecular formula is C11H10N2O. The van der Waals surface area contributed by atoms with E-state index >= 15 is 0 Å². The molecule has 1 aromatic rings. The van der Waals surface area contributed by atoms with Gasteiger partial charge in [-0.1, -0.05) is 18.2 Å². The maximum Gasteiger partial charge on any atom is 0.252 e. The third kappa shape index (κ3) is 1.60. The number of hydrogen-bond donors (Lipinski definition) is 1. The van der Waals surface area contributed by atoms with Gasteiger partial charge in [-0.25, -0.2) is 0 Å². The van der Waals surface area contributed by atoms with Gasteiger partial charge in [-0.05, 0) is 25.0 Å². The summed E-state index contributed by atoms with van der Waals surface area (Å²) in [4.78, 5) is 11.6. The lowest BCUT2D eigenvalue weighted by atomic mass is 10.2. The van der Waals surface area contributed by atoms with E-state index in [0.29, 0.717) is 5.56 Å². The number of nitrogens with zero attached hydrogens (tertiary/aromatic N) is 1. The minimum Gasteiger partial charge on any atom is -0.334 e. The number of benzene rings is 1. The molecule has 1 N–H and O–H groups in total. The van der Waals surface area contributed by atoms with E-state index in [4.69, 9.17) is 5.26 Å². The molecule has 1 aromatic carbocycles. The van der Waals surface area contributed by atoms with Crippen LogP contribution in [0.15, 0.2) is 30.3 Å². The molecule has 3 heteroatoms. The number of nitriles is 1. The lowest BCUT2D eigenvalue weighted by molar-refractivity contribution is 0.0941. The van der Waals surface area contributed by atoms with E-state index in [1.165, 1.54) is 0 Å². The fraction of sp³-hybridized carbons (Fsp3) is 0.273. The molecule has 3 nitrogen and oxygen atoms in total. The molecule has 2 rings (SSSR count). The van der Waals surface area contributed by atoms with Gasteiger partial charge in [0.1, 0.15) is 5.54 Å². The van der Waals surface area contributed by atoms with Gasteiger partial charge in [0.15, 0.2) is 0 Å². The molecule has 0 saturated heterocycles. The zero-order chi connectivity index (χ0) is 10.0. The van der Waals surface area contributed by atoms with Crippen LogP contribution in [0.4, 0.5) is 0 Å². The predicted octanol–water partition coefficient (Wildman–Crippen LogP) is 1.47. The van der Waals surface area contributed by atoms with Crippen LogP contribution in [0.3, 0.4) is 0 Å². The highest BCUT2D eigenvalue weighted by Gasteiger charge is 2.44. The van der Waals surface area contributed by atoms with Gasteiger partial charge in [0.25, 0.3) is 5.91 Å². The lowest BCUT2D eigenvalue weighted by Gasteiger charge is -2.08. The Bertz CT molecular complexity index is 387. The maximum atomic E-state index is 11.6. The highest BCUT2D eigenvalue weighted by Crippen LogP contribution is 2.34. The number of amides is 1. The number of rotatable bonds is 2. The molecule has 70 valence electrons. The van der Waals surface area contributed by atoms with Crippen LogP contribution in [0.25, 0.3) is 0 Å². The van der Waals surface area contributed by atoms with Gasteiger partial charge < -0.3 is 5.32 Å². The summed E-state index contributed by atoms with van der Waals surface area (Å²) >= 11 is 0. The van der Waals surface area contributed by atoms with E-state index in [-0.39, 0.29) is 5.91 Å². The van der Waals surface area contributed by atoms with E-state index in [2.05, 4.69) is 11.4 Å². The Labute approximate surface area is 82.4 Å². The smallest absolute Gasteiger partial charge is 0.252 e. The molecule has 14 heavy (non-hydrogen) atoms. The predicted molar refractivity (Wildman–Crippen MR) is 51.5 cm³/mol. The van der Waals surface area contributed by atoms with Gasteiger partial charge in [-0.3, -0.25) is 4.79 Å². The Morgan fingerprint density at radius 2 is 2.00 bits per heavy atom. The van der Waals surface area contributed by atoms with Crippen molar-refractivity contribution >= 4 is 5.91 Å². The van der Waals surface area contributed by atoms with Crippen LogP contribution in [-0.4, -0.2) is 11.4 Å². The number of nitrogens with one attached hydrogen (secondary N) is 1. The Morgan fingerprint density at radius 1 is 1.36 bits per heavy atom. The number of carbonyl (C=O) groups excluding carboxylic acids is 1. The van der Waals surface area contributed by atoms with E-state index in [1.807, 2.05) is 6.07 Å². The Kier molecular flexibility index (Phi) is 1.97. The SMILES string of the molecule is N#CC1(NC(=O)c2ccccc2)CC1. The zero-order valence-corrected chi connectivity index (χ0v) is 7.66. The first-order valence-electron chi connectivity index (χ1n) is 4.55. The molecule has 0 atom stereocenters. The van der Waals surface area contributed by atoms with Crippen molar-refractivity contribution in [2.24, 2.45) is 0 Å². The van der Waals surface area contributed by atoms with Crippen LogP contribution < -0.4 is 5.32 Å². The van der Waals surface area contributed by atoms with Crippen LogP contribution in [-0.2, 0) is 0 Å². The Morgan fingerprint density at radius 3 is 2.50 bits per heavy atom. The molecule has 1 aliphatic carbocycles. The van der Waals surface area contributed by atoms with Crippen LogP contribution in [0.2, 0.25) is 0 Å². The second-order valence-electron chi connectivity index (χ2n) is 3.51. The van der Waals surface area contributed by atoms with Crippen molar-refractivity contribution in [3.05, 3.63) is 35.9 Å². The third-order valence-electron chi connectivity index (χ3n) is 2.35. The molecule has 0 unspecified atom stereocenters. The minimum absolute atomic E-state index is 0.162. The molecule has 0 heterocycles. The summed E-state index contributed by atoms with van der Waals surface area (Å²) in [5.41, 5.74) is 0.0291. The second kappa shape index (κ2) is 3.15. The lowest BCUT2D eigenvalue weighted by Crippen LogP contribution is -2.35. The van der Waals surface area contributed by atoms with Gasteiger partial charge >= 0.3 is 0 Å². The van der Waals surface area contributed by atoms with E-state index in [9.17, 15) is 4.79 Å².